The van der Waals surface area contributed by atoms with E-state index in [4.69, 9.17) is 0 Å². The third kappa shape index (κ3) is 2.67. The van der Waals surface area contributed by atoms with Gasteiger partial charge in [0.2, 0.25) is 0 Å². The monoisotopic (exact) mass is 282 g/mol. The van der Waals surface area contributed by atoms with E-state index in [1.54, 1.807) is 4.68 Å². The van der Waals surface area contributed by atoms with E-state index in [2.05, 4.69) is 27.5 Å². The Morgan fingerprint density at radius 1 is 1.38 bits per heavy atom. The number of carbonyl (C=O) groups excluding carboxylic acids is 1. The minimum Gasteiger partial charge on any atom is -0.361 e. The second-order valence-electron chi connectivity index (χ2n) is 5.20. The van der Waals surface area contributed by atoms with Gasteiger partial charge >= 0.3 is 0 Å². The van der Waals surface area contributed by atoms with Crippen molar-refractivity contribution >= 4 is 16.8 Å². The molecule has 5 heteroatoms. The van der Waals surface area contributed by atoms with Gasteiger partial charge in [-0.05, 0) is 25.0 Å². The van der Waals surface area contributed by atoms with Crippen molar-refractivity contribution < 1.29 is 4.79 Å². The molecule has 0 radical (unpaired) electrons. The summed E-state index contributed by atoms with van der Waals surface area (Å²) in [6.45, 7) is 2.48. The van der Waals surface area contributed by atoms with Gasteiger partial charge in [-0.2, -0.15) is 5.10 Å². The molecule has 0 saturated carbocycles. The van der Waals surface area contributed by atoms with Crippen LogP contribution in [0.5, 0.6) is 0 Å². The summed E-state index contributed by atoms with van der Waals surface area (Å²) in [4.78, 5) is 15.3. The Morgan fingerprint density at radius 3 is 2.95 bits per heavy atom. The minimum absolute atomic E-state index is 0.118. The summed E-state index contributed by atoms with van der Waals surface area (Å²) in [5.74, 6) is -0.118. The third-order valence-corrected chi connectivity index (χ3v) is 3.58. The van der Waals surface area contributed by atoms with Crippen molar-refractivity contribution in [2.75, 3.05) is 6.54 Å². The molecule has 0 aliphatic rings. The Labute approximate surface area is 123 Å². The fourth-order valence-corrected chi connectivity index (χ4v) is 2.56. The van der Waals surface area contributed by atoms with Crippen molar-refractivity contribution in [2.24, 2.45) is 7.05 Å². The first-order valence-corrected chi connectivity index (χ1v) is 6.98. The molecule has 0 saturated heterocycles. The molecule has 21 heavy (non-hydrogen) atoms. The highest BCUT2D eigenvalue weighted by Crippen LogP contribution is 2.17. The van der Waals surface area contributed by atoms with Crippen LogP contribution in [0.1, 0.15) is 21.6 Å². The summed E-state index contributed by atoms with van der Waals surface area (Å²) in [6, 6.07) is 8.17. The predicted molar refractivity (Wildman–Crippen MR) is 82.3 cm³/mol. The van der Waals surface area contributed by atoms with E-state index in [1.165, 1.54) is 10.9 Å². The number of hydrogen-bond donors (Lipinski definition) is 2. The second-order valence-corrected chi connectivity index (χ2v) is 5.20. The lowest BCUT2D eigenvalue weighted by atomic mass is 10.1. The van der Waals surface area contributed by atoms with Crippen molar-refractivity contribution in [3.63, 3.8) is 0 Å². The summed E-state index contributed by atoms with van der Waals surface area (Å²) < 4.78 is 1.66. The number of aromatic amines is 1. The number of para-hydroxylation sites is 1. The average molecular weight is 282 g/mol. The average Bonchev–Trinajstić information content (AvgIpc) is 3.02. The second kappa shape index (κ2) is 5.44. The molecular weight excluding hydrogens is 264 g/mol. The number of hydrogen-bond acceptors (Lipinski definition) is 2. The number of carbonyl (C=O) groups is 1. The quantitative estimate of drug-likeness (QED) is 0.770. The first-order valence-electron chi connectivity index (χ1n) is 6.98. The number of benzene rings is 1. The van der Waals surface area contributed by atoms with E-state index in [-0.39, 0.29) is 5.91 Å². The van der Waals surface area contributed by atoms with Crippen LogP contribution >= 0.6 is 0 Å². The maximum atomic E-state index is 12.1. The number of H-pyrrole nitrogens is 1. The number of aromatic nitrogens is 3. The molecule has 2 N–H and O–H groups in total. The van der Waals surface area contributed by atoms with E-state index < -0.39 is 0 Å². The number of amides is 1. The maximum Gasteiger partial charge on any atom is 0.272 e. The number of rotatable bonds is 4. The summed E-state index contributed by atoms with van der Waals surface area (Å²) in [7, 11) is 1.82. The molecule has 2 heterocycles. The van der Waals surface area contributed by atoms with Crippen LogP contribution in [0.2, 0.25) is 0 Å². The van der Waals surface area contributed by atoms with Crippen LogP contribution in [0.25, 0.3) is 10.9 Å². The normalized spacial score (nSPS) is 11.0. The summed E-state index contributed by atoms with van der Waals surface area (Å²) in [6.07, 6.45) is 4.64. The molecule has 0 fully saturated rings. The van der Waals surface area contributed by atoms with Crippen LogP contribution in [0.15, 0.2) is 36.7 Å². The lowest BCUT2D eigenvalue weighted by molar-refractivity contribution is 0.0948. The number of nitrogens with one attached hydrogen (secondary N) is 2. The molecule has 0 atom stereocenters. The molecule has 3 aromatic rings. The van der Waals surface area contributed by atoms with Gasteiger partial charge in [0.15, 0.2) is 5.69 Å². The van der Waals surface area contributed by atoms with Crippen molar-refractivity contribution in [3.8, 4) is 0 Å². The fraction of sp³-hybridized carbons (Fsp3) is 0.250. The predicted octanol–water partition coefficient (Wildman–Crippen LogP) is 2.18. The lowest BCUT2D eigenvalue weighted by Gasteiger charge is -2.03. The van der Waals surface area contributed by atoms with E-state index in [0.717, 1.165) is 17.5 Å². The van der Waals surface area contributed by atoms with Gasteiger partial charge in [0.25, 0.3) is 5.91 Å². The highest BCUT2D eigenvalue weighted by atomic mass is 16.1. The molecule has 0 aliphatic carbocycles. The largest absolute Gasteiger partial charge is 0.361 e. The Kier molecular flexibility index (Phi) is 3.48. The molecule has 3 rings (SSSR count). The zero-order valence-corrected chi connectivity index (χ0v) is 12.2. The molecule has 0 spiro atoms. The van der Waals surface area contributed by atoms with Crippen LogP contribution in [-0.4, -0.2) is 27.2 Å². The smallest absolute Gasteiger partial charge is 0.272 e. The summed E-state index contributed by atoms with van der Waals surface area (Å²) >= 11 is 0. The van der Waals surface area contributed by atoms with E-state index in [1.807, 2.05) is 38.5 Å². The molecule has 1 aromatic carbocycles. The third-order valence-electron chi connectivity index (χ3n) is 3.58. The lowest BCUT2D eigenvalue weighted by Crippen LogP contribution is -2.26. The molecule has 5 nitrogen and oxygen atoms in total. The van der Waals surface area contributed by atoms with Gasteiger partial charge in [0, 0.05) is 42.5 Å². The number of nitrogens with zero attached hydrogens (tertiary/aromatic N) is 2. The van der Waals surface area contributed by atoms with Gasteiger partial charge in [-0.1, -0.05) is 18.2 Å². The Balaban J connectivity index is 1.64. The van der Waals surface area contributed by atoms with E-state index in [9.17, 15) is 4.79 Å². The summed E-state index contributed by atoms with van der Waals surface area (Å²) in [5.41, 5.74) is 3.72. The number of aryl methyl sites for hydroxylation is 2. The first-order chi connectivity index (χ1) is 10.1. The topological polar surface area (TPSA) is 62.7 Å². The van der Waals surface area contributed by atoms with Crippen molar-refractivity contribution in [2.45, 2.75) is 13.3 Å². The van der Waals surface area contributed by atoms with Crippen molar-refractivity contribution in [3.05, 3.63) is 53.5 Å². The van der Waals surface area contributed by atoms with Crippen LogP contribution in [0, 0.1) is 6.92 Å². The molecule has 2 aromatic heterocycles. The molecule has 1 amide bonds. The van der Waals surface area contributed by atoms with Gasteiger partial charge in [0.1, 0.15) is 0 Å². The van der Waals surface area contributed by atoms with Gasteiger partial charge in [-0.15, -0.1) is 0 Å². The van der Waals surface area contributed by atoms with E-state index >= 15 is 0 Å². The van der Waals surface area contributed by atoms with E-state index in [0.29, 0.717) is 12.2 Å². The molecule has 108 valence electrons. The zero-order valence-electron chi connectivity index (χ0n) is 12.2. The van der Waals surface area contributed by atoms with Gasteiger partial charge in [-0.3, -0.25) is 9.48 Å². The summed E-state index contributed by atoms with van der Waals surface area (Å²) in [5, 5.41) is 8.31. The highest BCUT2D eigenvalue weighted by molar-refractivity contribution is 5.93. The van der Waals surface area contributed by atoms with Crippen LogP contribution in [0.3, 0.4) is 0 Å². The van der Waals surface area contributed by atoms with Crippen LogP contribution in [0.4, 0.5) is 0 Å². The maximum absolute atomic E-state index is 12.1. The Hall–Kier alpha value is -2.56. The Morgan fingerprint density at radius 2 is 2.19 bits per heavy atom. The van der Waals surface area contributed by atoms with Crippen molar-refractivity contribution in [1.29, 1.82) is 0 Å². The Bertz CT molecular complexity index is 785. The number of fused-ring (bicyclic) bond motifs is 1. The molecular formula is C16H18N4O. The standard InChI is InChI=1S/C16H18N4O/c1-11-10-20(2)19-15(11)16(21)17-8-7-12-9-18-14-6-4-3-5-13(12)14/h3-6,9-10,18H,7-8H2,1-2H3,(H,17,21). The highest BCUT2D eigenvalue weighted by Gasteiger charge is 2.12. The molecule has 0 unspecified atom stereocenters. The zero-order chi connectivity index (χ0) is 14.8. The van der Waals surface area contributed by atoms with Crippen LogP contribution in [-0.2, 0) is 13.5 Å². The fourth-order valence-electron chi connectivity index (χ4n) is 2.56. The molecule has 0 bridgehead atoms. The van der Waals surface area contributed by atoms with Gasteiger partial charge in [0.05, 0.1) is 0 Å². The van der Waals surface area contributed by atoms with Crippen LogP contribution < -0.4 is 5.32 Å². The SMILES string of the molecule is Cc1cn(C)nc1C(=O)NCCc1c[nH]c2ccccc12. The molecule has 0 aliphatic heterocycles. The van der Waals surface area contributed by atoms with Gasteiger partial charge < -0.3 is 10.3 Å². The van der Waals surface area contributed by atoms with Gasteiger partial charge in [-0.25, -0.2) is 0 Å². The first kappa shape index (κ1) is 13.4. The minimum atomic E-state index is -0.118. The van der Waals surface area contributed by atoms with Crippen molar-refractivity contribution in [1.82, 2.24) is 20.1 Å².